The zero-order chi connectivity index (χ0) is 16.3. The van der Waals surface area contributed by atoms with Crippen LogP contribution in [0.25, 0.3) is 0 Å². The Balaban J connectivity index is 1.99. The van der Waals surface area contributed by atoms with Crippen LogP contribution in [0.2, 0.25) is 5.02 Å². The molecule has 0 bridgehead atoms. The Bertz CT molecular complexity index is 709. The maximum Gasteiger partial charge on any atom is 0.264 e. The van der Waals surface area contributed by atoms with Crippen molar-refractivity contribution in [2.45, 2.75) is 18.2 Å². The molecule has 0 aliphatic rings. The summed E-state index contributed by atoms with van der Waals surface area (Å²) in [6.07, 6.45) is 1.90. The van der Waals surface area contributed by atoms with Crippen molar-refractivity contribution in [3.8, 4) is 5.75 Å². The van der Waals surface area contributed by atoms with Crippen molar-refractivity contribution in [1.29, 1.82) is 0 Å². The standard InChI is InChI=1S/C13H13BrClN3O2S2/c1-6-4-8(10(14)7(2)11(6)15)20-5-9(19)16-12-17-18-13(21-3)22-12/h4H,5H2,1-3H3,(H,16,17,19). The van der Waals surface area contributed by atoms with Gasteiger partial charge in [0.25, 0.3) is 5.91 Å². The first kappa shape index (κ1) is 17.5. The third-order valence-electron chi connectivity index (χ3n) is 2.75. The lowest BCUT2D eigenvalue weighted by Crippen LogP contribution is -2.20. The van der Waals surface area contributed by atoms with Gasteiger partial charge in [-0.2, -0.15) is 0 Å². The number of benzene rings is 1. The van der Waals surface area contributed by atoms with Crippen LogP contribution in [-0.4, -0.2) is 29.0 Å². The quantitative estimate of drug-likeness (QED) is 0.574. The van der Waals surface area contributed by atoms with E-state index in [9.17, 15) is 4.79 Å². The third-order valence-corrected chi connectivity index (χ3v) is 6.14. The molecule has 5 nitrogen and oxygen atoms in total. The summed E-state index contributed by atoms with van der Waals surface area (Å²) in [5.41, 5.74) is 1.78. The number of nitrogens with one attached hydrogen (secondary N) is 1. The van der Waals surface area contributed by atoms with E-state index in [0.717, 1.165) is 19.9 Å². The van der Waals surface area contributed by atoms with E-state index >= 15 is 0 Å². The SMILES string of the molecule is CSc1nnc(NC(=O)COc2cc(C)c(Cl)c(C)c2Br)s1. The summed E-state index contributed by atoms with van der Waals surface area (Å²) < 4.78 is 7.10. The predicted octanol–water partition coefficient (Wildman–Crippen LogP) is 4.31. The molecule has 0 radical (unpaired) electrons. The van der Waals surface area contributed by atoms with Crippen LogP contribution in [0, 0.1) is 13.8 Å². The van der Waals surface area contributed by atoms with E-state index in [1.54, 1.807) is 6.07 Å². The van der Waals surface area contributed by atoms with E-state index in [-0.39, 0.29) is 12.5 Å². The van der Waals surface area contributed by atoms with Gasteiger partial charge in [0.15, 0.2) is 10.9 Å². The van der Waals surface area contributed by atoms with Gasteiger partial charge in [-0.25, -0.2) is 0 Å². The molecule has 0 saturated heterocycles. The summed E-state index contributed by atoms with van der Waals surface area (Å²) in [6, 6.07) is 1.80. The summed E-state index contributed by atoms with van der Waals surface area (Å²) >= 11 is 12.4. The van der Waals surface area contributed by atoms with Crippen molar-refractivity contribution in [2.75, 3.05) is 18.2 Å². The number of hydrogen-bond donors (Lipinski definition) is 1. The molecule has 2 aromatic rings. The van der Waals surface area contributed by atoms with Crippen LogP contribution in [0.3, 0.4) is 0 Å². The highest BCUT2D eigenvalue weighted by atomic mass is 79.9. The lowest BCUT2D eigenvalue weighted by Gasteiger charge is -2.12. The molecule has 0 fully saturated rings. The van der Waals surface area contributed by atoms with Crippen molar-refractivity contribution in [2.24, 2.45) is 0 Å². The Morgan fingerprint density at radius 3 is 2.86 bits per heavy atom. The van der Waals surface area contributed by atoms with E-state index < -0.39 is 0 Å². The number of carbonyl (C=O) groups is 1. The van der Waals surface area contributed by atoms with Crippen molar-refractivity contribution in [3.63, 3.8) is 0 Å². The van der Waals surface area contributed by atoms with Crippen molar-refractivity contribution in [1.82, 2.24) is 10.2 Å². The molecule has 1 amide bonds. The van der Waals surface area contributed by atoms with Crippen molar-refractivity contribution < 1.29 is 9.53 Å². The highest BCUT2D eigenvalue weighted by molar-refractivity contribution is 9.10. The molecule has 22 heavy (non-hydrogen) atoms. The van der Waals surface area contributed by atoms with Crippen molar-refractivity contribution in [3.05, 3.63) is 26.7 Å². The molecule has 0 aliphatic carbocycles. The lowest BCUT2D eigenvalue weighted by molar-refractivity contribution is -0.118. The average Bonchev–Trinajstić information content (AvgIpc) is 2.95. The molecule has 118 valence electrons. The molecule has 1 N–H and O–H groups in total. The second-order valence-corrected chi connectivity index (χ2v) is 7.56. The number of hydrogen-bond acceptors (Lipinski definition) is 6. The maximum atomic E-state index is 11.9. The molecule has 0 aliphatic heterocycles. The average molecular weight is 423 g/mol. The number of aromatic nitrogens is 2. The lowest BCUT2D eigenvalue weighted by atomic mass is 10.1. The van der Waals surface area contributed by atoms with Crippen LogP contribution < -0.4 is 10.1 Å². The second-order valence-electron chi connectivity index (χ2n) is 4.36. The number of aryl methyl sites for hydroxylation is 1. The fourth-order valence-corrected chi connectivity index (χ4v) is 3.52. The largest absolute Gasteiger partial charge is 0.483 e. The summed E-state index contributed by atoms with van der Waals surface area (Å²) in [5, 5.41) is 11.6. The first-order valence-electron chi connectivity index (χ1n) is 6.17. The number of thioether (sulfide) groups is 1. The molecule has 1 aromatic heterocycles. The van der Waals surface area contributed by atoms with Gasteiger partial charge in [0.2, 0.25) is 5.13 Å². The molecule has 0 saturated carbocycles. The van der Waals surface area contributed by atoms with E-state index in [2.05, 4.69) is 31.4 Å². The van der Waals surface area contributed by atoms with Gasteiger partial charge in [-0.3, -0.25) is 10.1 Å². The number of anilines is 1. The highest BCUT2D eigenvalue weighted by Crippen LogP contribution is 2.35. The molecule has 0 spiro atoms. The van der Waals surface area contributed by atoms with E-state index in [1.165, 1.54) is 23.1 Å². The maximum absolute atomic E-state index is 11.9. The Kier molecular flexibility index (Phi) is 6.08. The highest BCUT2D eigenvalue weighted by Gasteiger charge is 2.13. The van der Waals surface area contributed by atoms with Crippen molar-refractivity contribution >= 4 is 61.7 Å². The van der Waals surface area contributed by atoms with Gasteiger partial charge in [0.05, 0.1) is 4.47 Å². The first-order valence-corrected chi connectivity index (χ1v) is 9.39. The third kappa shape index (κ3) is 4.13. The van der Waals surface area contributed by atoms with Gasteiger partial charge in [-0.05, 0) is 53.2 Å². The minimum Gasteiger partial charge on any atom is -0.483 e. The number of ether oxygens (including phenoxy) is 1. The van der Waals surface area contributed by atoms with Gasteiger partial charge < -0.3 is 4.74 Å². The van der Waals surface area contributed by atoms with E-state index in [4.69, 9.17) is 16.3 Å². The van der Waals surface area contributed by atoms with Gasteiger partial charge >= 0.3 is 0 Å². The number of rotatable bonds is 5. The summed E-state index contributed by atoms with van der Waals surface area (Å²) in [7, 11) is 0. The fraction of sp³-hybridized carbons (Fsp3) is 0.308. The van der Waals surface area contributed by atoms with Gasteiger partial charge in [0, 0.05) is 5.02 Å². The van der Waals surface area contributed by atoms with Crippen LogP contribution in [0.1, 0.15) is 11.1 Å². The normalized spacial score (nSPS) is 10.6. The monoisotopic (exact) mass is 421 g/mol. The zero-order valence-electron chi connectivity index (χ0n) is 12.1. The molecular formula is C13H13BrClN3O2S2. The number of nitrogens with zero attached hydrogens (tertiary/aromatic N) is 2. The van der Waals surface area contributed by atoms with Crippen LogP contribution in [-0.2, 0) is 4.79 Å². The first-order chi connectivity index (χ1) is 10.4. The summed E-state index contributed by atoms with van der Waals surface area (Å²) in [5.74, 6) is 0.289. The molecule has 2 rings (SSSR count). The summed E-state index contributed by atoms with van der Waals surface area (Å²) in [4.78, 5) is 11.9. The number of halogens is 2. The molecule has 1 heterocycles. The van der Waals surface area contributed by atoms with Crippen LogP contribution in [0.15, 0.2) is 14.9 Å². The molecular weight excluding hydrogens is 410 g/mol. The van der Waals surface area contributed by atoms with Crippen LogP contribution >= 0.6 is 50.6 Å². The fourth-order valence-electron chi connectivity index (χ4n) is 1.65. The van der Waals surface area contributed by atoms with Gasteiger partial charge in [0.1, 0.15) is 5.75 Å². The van der Waals surface area contributed by atoms with Crippen LogP contribution in [0.4, 0.5) is 5.13 Å². The molecule has 0 unspecified atom stereocenters. The smallest absolute Gasteiger partial charge is 0.264 e. The van der Waals surface area contributed by atoms with Gasteiger partial charge in [-0.15, -0.1) is 10.2 Å². The number of carbonyl (C=O) groups excluding carboxylic acids is 1. The predicted molar refractivity (Wildman–Crippen MR) is 94.4 cm³/mol. The minimum atomic E-state index is -0.291. The van der Waals surface area contributed by atoms with E-state index in [1.807, 2.05) is 20.1 Å². The van der Waals surface area contributed by atoms with Crippen LogP contribution in [0.5, 0.6) is 5.75 Å². The van der Waals surface area contributed by atoms with Gasteiger partial charge in [-0.1, -0.05) is 34.7 Å². The Morgan fingerprint density at radius 1 is 1.50 bits per heavy atom. The Morgan fingerprint density at radius 2 is 2.23 bits per heavy atom. The number of amides is 1. The molecule has 1 aromatic carbocycles. The Labute approximate surface area is 149 Å². The molecule has 0 atom stereocenters. The second kappa shape index (κ2) is 7.63. The Hall–Kier alpha value is -0.830. The topological polar surface area (TPSA) is 64.1 Å². The summed E-state index contributed by atoms with van der Waals surface area (Å²) in [6.45, 7) is 3.66. The molecule has 9 heteroatoms. The minimum absolute atomic E-state index is 0.118. The zero-order valence-corrected chi connectivity index (χ0v) is 16.0. The van der Waals surface area contributed by atoms with E-state index in [0.29, 0.717) is 15.9 Å².